The van der Waals surface area contributed by atoms with Crippen molar-refractivity contribution in [3.05, 3.63) is 35.1 Å². The van der Waals surface area contributed by atoms with Crippen LogP contribution in [0.15, 0.2) is 12.1 Å². The quantitative estimate of drug-likeness (QED) is 0.674. The summed E-state index contributed by atoms with van der Waals surface area (Å²) < 4.78 is 38.3. The third-order valence-electron chi connectivity index (χ3n) is 2.12. The van der Waals surface area contributed by atoms with Gasteiger partial charge in [-0.05, 0) is 17.7 Å². The largest absolute Gasteiger partial charge is 0.390 e. The summed E-state index contributed by atoms with van der Waals surface area (Å²) in [4.78, 5) is 10.5. The molecule has 0 bridgehead atoms. The standard InChI is InChI=1S/C10H10F3NO3/c11-5-1-4(2-6(12)9(5)13)10(17)7(15)3-8(14)16/h1-2,7,10,15,17H,3H2,(H2,14,16). The summed E-state index contributed by atoms with van der Waals surface area (Å²) in [7, 11) is 0. The van der Waals surface area contributed by atoms with Crippen molar-refractivity contribution in [2.45, 2.75) is 18.6 Å². The molecular weight excluding hydrogens is 239 g/mol. The Balaban J connectivity index is 2.96. The minimum Gasteiger partial charge on any atom is -0.390 e. The van der Waals surface area contributed by atoms with E-state index in [1.807, 2.05) is 0 Å². The molecule has 1 rings (SSSR count). The van der Waals surface area contributed by atoms with E-state index in [0.29, 0.717) is 12.1 Å². The van der Waals surface area contributed by atoms with Crippen molar-refractivity contribution in [2.75, 3.05) is 0 Å². The molecule has 7 heteroatoms. The highest BCUT2D eigenvalue weighted by atomic mass is 19.2. The minimum atomic E-state index is -1.73. The van der Waals surface area contributed by atoms with E-state index in [1.54, 1.807) is 0 Å². The van der Waals surface area contributed by atoms with Crippen molar-refractivity contribution in [2.24, 2.45) is 5.73 Å². The predicted octanol–water partition coefficient (Wildman–Crippen LogP) is 0.374. The molecule has 2 atom stereocenters. The van der Waals surface area contributed by atoms with Crippen LogP contribution in [0.3, 0.4) is 0 Å². The molecular formula is C10H10F3NO3. The Bertz CT molecular complexity index is 416. The molecule has 0 aromatic heterocycles. The normalized spacial score (nSPS) is 14.4. The summed E-state index contributed by atoms with van der Waals surface area (Å²) in [6, 6.07) is 1.07. The molecule has 4 N–H and O–H groups in total. The third kappa shape index (κ3) is 3.18. The number of carbonyl (C=O) groups excluding carboxylic acids is 1. The van der Waals surface area contributed by atoms with Gasteiger partial charge in [-0.15, -0.1) is 0 Å². The lowest BCUT2D eigenvalue weighted by Crippen LogP contribution is -2.25. The highest BCUT2D eigenvalue weighted by Crippen LogP contribution is 2.22. The van der Waals surface area contributed by atoms with Crippen molar-refractivity contribution in [1.29, 1.82) is 0 Å². The molecule has 0 fully saturated rings. The Morgan fingerprint density at radius 1 is 1.24 bits per heavy atom. The van der Waals surface area contributed by atoms with Crippen molar-refractivity contribution >= 4 is 5.91 Å². The third-order valence-corrected chi connectivity index (χ3v) is 2.12. The van der Waals surface area contributed by atoms with E-state index in [1.165, 1.54) is 0 Å². The molecule has 1 amide bonds. The number of amides is 1. The van der Waals surface area contributed by atoms with Crippen molar-refractivity contribution in [3.63, 3.8) is 0 Å². The van der Waals surface area contributed by atoms with E-state index in [0.717, 1.165) is 0 Å². The molecule has 4 nitrogen and oxygen atoms in total. The predicted molar refractivity (Wildman–Crippen MR) is 51.1 cm³/mol. The summed E-state index contributed by atoms with van der Waals surface area (Å²) in [6.45, 7) is 0. The first-order valence-corrected chi connectivity index (χ1v) is 4.61. The summed E-state index contributed by atoms with van der Waals surface area (Å²) >= 11 is 0. The summed E-state index contributed by atoms with van der Waals surface area (Å²) in [5.41, 5.74) is 4.40. The zero-order valence-electron chi connectivity index (χ0n) is 8.53. The van der Waals surface area contributed by atoms with E-state index in [4.69, 9.17) is 5.73 Å². The van der Waals surface area contributed by atoms with E-state index in [2.05, 4.69) is 0 Å². The molecule has 0 heterocycles. The van der Waals surface area contributed by atoms with Gasteiger partial charge < -0.3 is 15.9 Å². The second-order valence-electron chi connectivity index (χ2n) is 3.48. The summed E-state index contributed by atoms with van der Waals surface area (Å²) in [5, 5.41) is 18.8. The number of hydrogen-bond acceptors (Lipinski definition) is 3. The van der Waals surface area contributed by atoms with Gasteiger partial charge in [0.25, 0.3) is 0 Å². The van der Waals surface area contributed by atoms with Gasteiger partial charge in [0.2, 0.25) is 5.91 Å². The van der Waals surface area contributed by atoms with Crippen LogP contribution < -0.4 is 5.73 Å². The topological polar surface area (TPSA) is 83.6 Å². The minimum absolute atomic E-state index is 0.379. The molecule has 17 heavy (non-hydrogen) atoms. The van der Waals surface area contributed by atoms with E-state index in [9.17, 15) is 28.2 Å². The van der Waals surface area contributed by atoms with Crippen LogP contribution in [0.5, 0.6) is 0 Å². The van der Waals surface area contributed by atoms with Crippen LogP contribution in [0.1, 0.15) is 18.1 Å². The Morgan fingerprint density at radius 3 is 2.12 bits per heavy atom. The molecule has 2 unspecified atom stereocenters. The monoisotopic (exact) mass is 249 g/mol. The number of primary amides is 1. The molecule has 0 saturated carbocycles. The van der Waals surface area contributed by atoms with Gasteiger partial charge in [0, 0.05) is 0 Å². The van der Waals surface area contributed by atoms with Crippen molar-refractivity contribution < 1.29 is 28.2 Å². The maximum Gasteiger partial charge on any atom is 0.220 e. The van der Waals surface area contributed by atoms with Gasteiger partial charge in [-0.3, -0.25) is 4.79 Å². The van der Waals surface area contributed by atoms with Gasteiger partial charge in [-0.1, -0.05) is 0 Å². The Hall–Kier alpha value is -1.60. The average Bonchev–Trinajstić information content (AvgIpc) is 2.23. The lowest BCUT2D eigenvalue weighted by Gasteiger charge is -2.17. The van der Waals surface area contributed by atoms with Crippen LogP contribution in [0.4, 0.5) is 13.2 Å². The number of halogens is 3. The first kappa shape index (κ1) is 13.5. The van der Waals surface area contributed by atoms with Gasteiger partial charge in [0.1, 0.15) is 6.10 Å². The maximum atomic E-state index is 12.8. The fourth-order valence-electron chi connectivity index (χ4n) is 1.29. The van der Waals surface area contributed by atoms with Gasteiger partial charge in [-0.25, -0.2) is 13.2 Å². The maximum absolute atomic E-state index is 12.8. The summed E-state index contributed by atoms with van der Waals surface area (Å²) in [5.74, 6) is -5.56. The van der Waals surface area contributed by atoms with Crippen LogP contribution in [0.2, 0.25) is 0 Å². The van der Waals surface area contributed by atoms with Crippen LogP contribution >= 0.6 is 0 Å². The molecule has 1 aromatic carbocycles. The molecule has 0 aliphatic rings. The number of aliphatic hydroxyl groups is 2. The zero-order chi connectivity index (χ0) is 13.2. The number of carbonyl (C=O) groups is 1. The number of benzene rings is 1. The highest BCUT2D eigenvalue weighted by molar-refractivity contribution is 5.74. The Morgan fingerprint density at radius 2 is 1.71 bits per heavy atom. The Kier molecular flexibility index (Phi) is 4.08. The fourth-order valence-corrected chi connectivity index (χ4v) is 1.29. The van der Waals surface area contributed by atoms with Crippen LogP contribution in [-0.4, -0.2) is 22.2 Å². The first-order chi connectivity index (χ1) is 7.82. The van der Waals surface area contributed by atoms with Crippen LogP contribution in [0, 0.1) is 17.5 Å². The number of hydrogen-bond donors (Lipinski definition) is 3. The second kappa shape index (κ2) is 5.15. The average molecular weight is 249 g/mol. The molecule has 0 saturated heterocycles. The molecule has 1 aromatic rings. The lowest BCUT2D eigenvalue weighted by atomic mass is 10.0. The smallest absolute Gasteiger partial charge is 0.220 e. The number of rotatable bonds is 4. The van der Waals surface area contributed by atoms with Gasteiger partial charge >= 0.3 is 0 Å². The van der Waals surface area contributed by atoms with E-state index >= 15 is 0 Å². The van der Waals surface area contributed by atoms with Crippen LogP contribution in [0.25, 0.3) is 0 Å². The van der Waals surface area contributed by atoms with Gasteiger partial charge in [0.05, 0.1) is 12.5 Å². The molecule has 94 valence electrons. The Labute approximate surface area is 94.5 Å². The van der Waals surface area contributed by atoms with Gasteiger partial charge in [0.15, 0.2) is 17.5 Å². The fraction of sp³-hybridized carbons (Fsp3) is 0.300. The SMILES string of the molecule is NC(=O)CC(O)C(O)c1cc(F)c(F)c(F)c1. The first-order valence-electron chi connectivity index (χ1n) is 4.61. The zero-order valence-corrected chi connectivity index (χ0v) is 8.53. The molecule has 0 spiro atoms. The van der Waals surface area contributed by atoms with E-state index < -0.39 is 42.0 Å². The number of nitrogens with two attached hydrogens (primary N) is 1. The molecule has 0 radical (unpaired) electrons. The van der Waals surface area contributed by atoms with Gasteiger partial charge in [-0.2, -0.15) is 0 Å². The van der Waals surface area contributed by atoms with E-state index in [-0.39, 0.29) is 5.56 Å². The highest BCUT2D eigenvalue weighted by Gasteiger charge is 2.23. The molecule has 0 aliphatic carbocycles. The number of aliphatic hydroxyl groups excluding tert-OH is 2. The van der Waals surface area contributed by atoms with Crippen molar-refractivity contribution in [1.82, 2.24) is 0 Å². The summed E-state index contributed by atoms with van der Waals surface area (Å²) in [6.07, 6.45) is -3.93. The molecule has 0 aliphatic heterocycles. The lowest BCUT2D eigenvalue weighted by molar-refractivity contribution is -0.121. The van der Waals surface area contributed by atoms with Crippen molar-refractivity contribution in [3.8, 4) is 0 Å². The van der Waals surface area contributed by atoms with Crippen LogP contribution in [-0.2, 0) is 4.79 Å². The second-order valence-corrected chi connectivity index (χ2v) is 3.48.